The summed E-state index contributed by atoms with van der Waals surface area (Å²) in [7, 11) is 0. The fourth-order valence-electron chi connectivity index (χ4n) is 2.17. The van der Waals surface area contributed by atoms with Crippen molar-refractivity contribution in [2.45, 2.75) is 6.54 Å². The molecule has 0 fully saturated rings. The molecule has 1 aromatic carbocycles. The number of rotatable bonds is 5. The van der Waals surface area contributed by atoms with Crippen LogP contribution in [0.5, 0.6) is 0 Å². The molecular weight excluding hydrogens is 346 g/mol. The lowest BCUT2D eigenvalue weighted by Crippen LogP contribution is -2.29. The Bertz CT molecular complexity index is 962. The molecule has 24 heavy (non-hydrogen) atoms. The van der Waals surface area contributed by atoms with E-state index in [1.165, 1.54) is 28.3 Å². The number of hydrogen-bond donors (Lipinski definition) is 1. The second kappa shape index (κ2) is 7.42. The Hall–Kier alpha value is -2.44. The molecule has 7 heteroatoms. The molecule has 0 saturated carbocycles. The first-order valence-electron chi connectivity index (χ1n) is 7.28. The maximum Gasteiger partial charge on any atom is 0.271 e. The number of fused-ring (bicyclic) bond motifs is 1. The highest BCUT2D eigenvalue weighted by atomic mass is 35.5. The van der Waals surface area contributed by atoms with Gasteiger partial charge >= 0.3 is 0 Å². The van der Waals surface area contributed by atoms with Crippen LogP contribution in [0.15, 0.2) is 52.9 Å². The standard InChI is InChI=1S/C17H14ClN3O2S/c18-13-4-2-1-3-12(13)5-6-15(22)19-8-9-21-11-20-14-7-10-24-16(14)17(21)23/h1-7,10-11H,8-9H2,(H,19,22). The quantitative estimate of drug-likeness (QED) is 0.712. The normalized spacial score (nSPS) is 11.2. The molecule has 3 aromatic rings. The summed E-state index contributed by atoms with van der Waals surface area (Å²) >= 11 is 7.39. The minimum atomic E-state index is -0.242. The van der Waals surface area contributed by atoms with Gasteiger partial charge in [0.2, 0.25) is 5.91 Å². The van der Waals surface area contributed by atoms with Gasteiger partial charge in [-0.25, -0.2) is 4.98 Å². The predicted molar refractivity (Wildman–Crippen MR) is 97.4 cm³/mol. The van der Waals surface area contributed by atoms with Crippen molar-refractivity contribution in [1.29, 1.82) is 0 Å². The monoisotopic (exact) mass is 359 g/mol. The minimum absolute atomic E-state index is 0.0872. The lowest BCUT2D eigenvalue weighted by atomic mass is 10.2. The van der Waals surface area contributed by atoms with Gasteiger partial charge in [-0.2, -0.15) is 0 Å². The van der Waals surface area contributed by atoms with E-state index in [9.17, 15) is 9.59 Å². The Morgan fingerprint density at radius 1 is 1.33 bits per heavy atom. The molecule has 0 unspecified atom stereocenters. The maximum atomic E-state index is 12.2. The van der Waals surface area contributed by atoms with Crippen LogP contribution in [0.25, 0.3) is 16.3 Å². The fraction of sp³-hybridized carbons (Fsp3) is 0.118. The highest BCUT2D eigenvalue weighted by Gasteiger charge is 2.05. The number of hydrogen-bond acceptors (Lipinski definition) is 4. The van der Waals surface area contributed by atoms with Crippen LogP contribution < -0.4 is 10.9 Å². The number of halogens is 1. The van der Waals surface area contributed by atoms with Crippen molar-refractivity contribution in [2.75, 3.05) is 6.54 Å². The number of carbonyl (C=O) groups excluding carboxylic acids is 1. The summed E-state index contributed by atoms with van der Waals surface area (Å²) in [5.74, 6) is -0.242. The number of nitrogens with zero attached hydrogens (tertiary/aromatic N) is 2. The molecule has 2 aromatic heterocycles. The summed E-state index contributed by atoms with van der Waals surface area (Å²) in [5, 5.41) is 5.16. The van der Waals surface area contributed by atoms with Crippen LogP contribution in [-0.4, -0.2) is 22.0 Å². The van der Waals surface area contributed by atoms with Crippen LogP contribution in [0.2, 0.25) is 5.02 Å². The average molecular weight is 360 g/mol. The molecule has 0 saturated heterocycles. The Kier molecular flexibility index (Phi) is 5.08. The lowest BCUT2D eigenvalue weighted by molar-refractivity contribution is -0.116. The summed E-state index contributed by atoms with van der Waals surface area (Å²) < 4.78 is 2.12. The van der Waals surface area contributed by atoms with Gasteiger partial charge in [0.1, 0.15) is 4.70 Å². The summed E-state index contributed by atoms with van der Waals surface area (Å²) in [6.07, 6.45) is 4.58. The second-order valence-corrected chi connectivity index (χ2v) is 6.35. The molecule has 3 rings (SSSR count). The van der Waals surface area contributed by atoms with Crippen molar-refractivity contribution in [2.24, 2.45) is 0 Å². The molecule has 1 N–H and O–H groups in total. The molecule has 0 aliphatic heterocycles. The van der Waals surface area contributed by atoms with Crippen LogP contribution in [-0.2, 0) is 11.3 Å². The van der Waals surface area contributed by atoms with Crippen molar-refractivity contribution in [3.05, 3.63) is 69.1 Å². The molecular formula is C17H14ClN3O2S. The molecule has 0 aliphatic rings. The SMILES string of the molecule is O=C(C=Cc1ccccc1Cl)NCCn1cnc2ccsc2c1=O. The average Bonchev–Trinajstić information content (AvgIpc) is 3.06. The zero-order valence-electron chi connectivity index (χ0n) is 12.6. The van der Waals surface area contributed by atoms with Gasteiger partial charge in [0.25, 0.3) is 5.56 Å². The molecule has 0 radical (unpaired) electrons. The van der Waals surface area contributed by atoms with Crippen molar-refractivity contribution >= 4 is 45.1 Å². The Labute approximate surface area is 147 Å². The first-order valence-corrected chi connectivity index (χ1v) is 8.54. The van der Waals surface area contributed by atoms with Crippen molar-refractivity contribution < 1.29 is 4.79 Å². The molecule has 1 amide bonds. The summed E-state index contributed by atoms with van der Waals surface area (Å²) in [6, 6.07) is 9.08. The highest BCUT2D eigenvalue weighted by Crippen LogP contribution is 2.16. The van der Waals surface area contributed by atoms with E-state index in [1.54, 1.807) is 12.1 Å². The van der Waals surface area contributed by atoms with E-state index in [0.29, 0.717) is 28.3 Å². The number of carbonyl (C=O) groups is 1. The molecule has 2 heterocycles. The van der Waals surface area contributed by atoms with Crippen molar-refractivity contribution in [1.82, 2.24) is 14.9 Å². The van der Waals surface area contributed by atoms with Gasteiger partial charge in [-0.15, -0.1) is 11.3 Å². The third-order valence-electron chi connectivity index (χ3n) is 3.41. The number of aromatic nitrogens is 2. The molecule has 0 bridgehead atoms. The van der Waals surface area contributed by atoms with Crippen molar-refractivity contribution in [3.63, 3.8) is 0 Å². The van der Waals surface area contributed by atoms with E-state index in [4.69, 9.17) is 11.6 Å². The lowest BCUT2D eigenvalue weighted by Gasteiger charge is -2.05. The third-order valence-corrected chi connectivity index (χ3v) is 4.64. The molecule has 5 nitrogen and oxygen atoms in total. The second-order valence-electron chi connectivity index (χ2n) is 5.02. The highest BCUT2D eigenvalue weighted by molar-refractivity contribution is 7.17. The van der Waals surface area contributed by atoms with Gasteiger partial charge in [0.05, 0.1) is 11.8 Å². The number of benzene rings is 1. The first kappa shape index (κ1) is 16.4. The predicted octanol–water partition coefficient (Wildman–Crippen LogP) is 2.94. The Morgan fingerprint density at radius 3 is 3.00 bits per heavy atom. The molecule has 0 spiro atoms. The van der Waals surface area contributed by atoms with Crippen LogP contribution in [0.3, 0.4) is 0 Å². The molecule has 0 atom stereocenters. The zero-order chi connectivity index (χ0) is 16.9. The van der Waals surface area contributed by atoms with Gasteiger partial charge in [0, 0.05) is 24.2 Å². The Balaban J connectivity index is 1.57. The van der Waals surface area contributed by atoms with Crippen LogP contribution in [0.4, 0.5) is 0 Å². The summed E-state index contributed by atoms with van der Waals surface area (Å²) in [4.78, 5) is 28.3. The van der Waals surface area contributed by atoms with Gasteiger partial charge in [0.15, 0.2) is 0 Å². The van der Waals surface area contributed by atoms with Gasteiger partial charge in [-0.05, 0) is 29.2 Å². The molecule has 0 aliphatic carbocycles. The minimum Gasteiger partial charge on any atom is -0.351 e. The van der Waals surface area contributed by atoms with Crippen molar-refractivity contribution in [3.8, 4) is 0 Å². The van der Waals surface area contributed by atoms with E-state index in [0.717, 1.165) is 5.56 Å². The summed E-state index contributed by atoms with van der Waals surface area (Å²) in [6.45, 7) is 0.704. The molecule has 122 valence electrons. The first-order chi connectivity index (χ1) is 11.6. The van der Waals surface area contributed by atoms with Gasteiger partial charge < -0.3 is 5.32 Å². The van der Waals surface area contributed by atoms with E-state index in [1.807, 2.05) is 29.6 Å². The van der Waals surface area contributed by atoms with Crippen LogP contribution in [0.1, 0.15) is 5.56 Å². The zero-order valence-corrected chi connectivity index (χ0v) is 14.2. The third kappa shape index (κ3) is 3.72. The van der Waals surface area contributed by atoms with Crippen LogP contribution in [0, 0.1) is 0 Å². The number of thiophene rings is 1. The van der Waals surface area contributed by atoms with Gasteiger partial charge in [-0.3, -0.25) is 14.2 Å². The van der Waals surface area contributed by atoms with E-state index in [-0.39, 0.29) is 11.5 Å². The maximum absolute atomic E-state index is 12.2. The smallest absolute Gasteiger partial charge is 0.271 e. The topological polar surface area (TPSA) is 64.0 Å². The summed E-state index contributed by atoms with van der Waals surface area (Å²) in [5.41, 5.74) is 1.39. The van der Waals surface area contributed by atoms with Crippen LogP contribution >= 0.6 is 22.9 Å². The van der Waals surface area contributed by atoms with E-state index >= 15 is 0 Å². The Morgan fingerprint density at radius 2 is 2.17 bits per heavy atom. The largest absolute Gasteiger partial charge is 0.351 e. The van der Waals surface area contributed by atoms with Gasteiger partial charge in [-0.1, -0.05) is 29.8 Å². The van der Waals surface area contributed by atoms with E-state index < -0.39 is 0 Å². The fourth-order valence-corrected chi connectivity index (χ4v) is 3.16. The number of nitrogens with one attached hydrogen (secondary N) is 1. The number of amides is 1. The van der Waals surface area contributed by atoms with E-state index in [2.05, 4.69) is 10.3 Å².